The summed E-state index contributed by atoms with van der Waals surface area (Å²) in [5.41, 5.74) is 0. The summed E-state index contributed by atoms with van der Waals surface area (Å²) in [6.45, 7) is 4.26. The average Bonchev–Trinajstić information content (AvgIpc) is 2.23. The van der Waals surface area contributed by atoms with E-state index in [-0.39, 0.29) is 41.8 Å². The molecule has 102 valence electrons. The molecule has 18 heavy (non-hydrogen) atoms. The number of amides is 1. The predicted octanol–water partition coefficient (Wildman–Crippen LogP) is -0.463. The first-order valence-corrected chi connectivity index (χ1v) is 7.85. The lowest BCUT2D eigenvalue weighted by atomic mass is 10.0. The number of sulfone groups is 1. The van der Waals surface area contributed by atoms with Crippen molar-refractivity contribution in [3.05, 3.63) is 0 Å². The molecular weight excluding hydrogens is 252 g/mol. The predicted molar refractivity (Wildman–Crippen MR) is 70.7 cm³/mol. The van der Waals surface area contributed by atoms with Gasteiger partial charge in [0.05, 0.1) is 17.5 Å². The van der Waals surface area contributed by atoms with Crippen molar-refractivity contribution >= 4 is 15.7 Å². The topological polar surface area (TPSA) is 75.3 Å². The standard InChI is InChI=1S/C12H20N2O3S/c1-4-11(9(2)3)14-12(15)7-10-8-18(16,17)6-5-13-10/h1,9-11,13H,5-8H2,2-3H3,(H,14,15). The fourth-order valence-electron chi connectivity index (χ4n) is 1.86. The van der Waals surface area contributed by atoms with Crippen molar-refractivity contribution in [3.63, 3.8) is 0 Å². The van der Waals surface area contributed by atoms with Gasteiger partial charge in [0.15, 0.2) is 9.84 Å². The zero-order valence-electron chi connectivity index (χ0n) is 10.8. The van der Waals surface area contributed by atoms with Gasteiger partial charge in [-0.1, -0.05) is 19.8 Å². The quantitative estimate of drug-likeness (QED) is 0.679. The number of hydrogen-bond acceptors (Lipinski definition) is 4. The van der Waals surface area contributed by atoms with E-state index in [9.17, 15) is 13.2 Å². The third-order valence-electron chi connectivity index (χ3n) is 2.90. The summed E-state index contributed by atoms with van der Waals surface area (Å²) in [5, 5.41) is 5.77. The van der Waals surface area contributed by atoms with Crippen LogP contribution in [0, 0.1) is 18.3 Å². The van der Waals surface area contributed by atoms with Gasteiger partial charge in [-0.15, -0.1) is 6.42 Å². The van der Waals surface area contributed by atoms with Gasteiger partial charge >= 0.3 is 0 Å². The first kappa shape index (κ1) is 15.0. The maximum absolute atomic E-state index is 11.8. The summed E-state index contributed by atoms with van der Waals surface area (Å²) in [6.07, 6.45) is 5.46. The molecule has 1 aliphatic heterocycles. The summed E-state index contributed by atoms with van der Waals surface area (Å²) >= 11 is 0. The van der Waals surface area contributed by atoms with Crippen molar-refractivity contribution in [1.82, 2.24) is 10.6 Å². The molecule has 0 bridgehead atoms. The highest BCUT2D eigenvalue weighted by Gasteiger charge is 2.26. The zero-order chi connectivity index (χ0) is 13.8. The number of nitrogens with one attached hydrogen (secondary N) is 2. The van der Waals surface area contributed by atoms with Crippen LogP contribution < -0.4 is 10.6 Å². The molecule has 1 rings (SSSR count). The smallest absolute Gasteiger partial charge is 0.222 e. The summed E-state index contributed by atoms with van der Waals surface area (Å²) in [7, 11) is -3.01. The Hall–Kier alpha value is -1.06. The van der Waals surface area contributed by atoms with Crippen molar-refractivity contribution < 1.29 is 13.2 Å². The summed E-state index contributed by atoms with van der Waals surface area (Å²) in [4.78, 5) is 11.8. The minimum absolute atomic E-state index is 0.0167. The van der Waals surface area contributed by atoms with Crippen molar-refractivity contribution in [2.75, 3.05) is 18.1 Å². The number of carbonyl (C=O) groups is 1. The van der Waals surface area contributed by atoms with Crippen LogP contribution >= 0.6 is 0 Å². The molecular formula is C12H20N2O3S. The Morgan fingerprint density at radius 3 is 2.72 bits per heavy atom. The van der Waals surface area contributed by atoms with Gasteiger partial charge in [-0.2, -0.15) is 0 Å². The molecule has 2 unspecified atom stereocenters. The van der Waals surface area contributed by atoms with Crippen LogP contribution in [0.5, 0.6) is 0 Å². The van der Waals surface area contributed by atoms with E-state index in [4.69, 9.17) is 6.42 Å². The Morgan fingerprint density at radius 2 is 2.22 bits per heavy atom. The lowest BCUT2D eigenvalue weighted by Gasteiger charge is -2.24. The number of terminal acetylenes is 1. The Bertz CT molecular complexity index is 437. The molecule has 0 aromatic rings. The molecule has 1 amide bonds. The van der Waals surface area contributed by atoms with Crippen LogP contribution in [0.2, 0.25) is 0 Å². The molecule has 0 aliphatic carbocycles. The molecule has 0 spiro atoms. The van der Waals surface area contributed by atoms with Crippen LogP contribution in [0.3, 0.4) is 0 Å². The Balaban J connectivity index is 2.48. The Kier molecular flexibility index (Phi) is 5.17. The van der Waals surface area contributed by atoms with Gasteiger partial charge in [0.2, 0.25) is 5.91 Å². The molecule has 2 atom stereocenters. The summed E-state index contributed by atoms with van der Waals surface area (Å²) in [6, 6.07) is -0.618. The highest BCUT2D eigenvalue weighted by atomic mass is 32.2. The number of carbonyl (C=O) groups excluding carboxylic acids is 1. The summed E-state index contributed by atoms with van der Waals surface area (Å²) < 4.78 is 22.9. The Morgan fingerprint density at radius 1 is 1.56 bits per heavy atom. The molecule has 0 saturated carbocycles. The third kappa shape index (κ3) is 4.67. The monoisotopic (exact) mass is 272 g/mol. The number of rotatable bonds is 4. The van der Waals surface area contributed by atoms with Crippen molar-refractivity contribution in [1.29, 1.82) is 0 Å². The van der Waals surface area contributed by atoms with E-state index < -0.39 is 9.84 Å². The third-order valence-corrected chi connectivity index (χ3v) is 4.63. The largest absolute Gasteiger partial charge is 0.342 e. The SMILES string of the molecule is C#CC(NC(=O)CC1CS(=O)(=O)CCN1)C(C)C. The second kappa shape index (κ2) is 6.21. The van der Waals surface area contributed by atoms with Gasteiger partial charge in [0.25, 0.3) is 0 Å². The first-order chi connectivity index (χ1) is 8.34. The lowest BCUT2D eigenvalue weighted by Crippen LogP contribution is -2.48. The normalized spacial score (nSPS) is 24.2. The summed E-state index contributed by atoms with van der Waals surface area (Å²) in [5.74, 6) is 2.62. The number of hydrogen-bond donors (Lipinski definition) is 2. The molecule has 5 nitrogen and oxygen atoms in total. The minimum atomic E-state index is -3.01. The fourth-order valence-corrected chi connectivity index (χ4v) is 3.30. The lowest BCUT2D eigenvalue weighted by molar-refractivity contribution is -0.122. The van der Waals surface area contributed by atoms with Gasteiger partial charge in [-0.3, -0.25) is 4.79 Å². The first-order valence-electron chi connectivity index (χ1n) is 6.03. The van der Waals surface area contributed by atoms with Crippen molar-refractivity contribution in [3.8, 4) is 12.3 Å². The van der Waals surface area contributed by atoms with E-state index in [0.29, 0.717) is 6.54 Å². The highest BCUT2D eigenvalue weighted by Crippen LogP contribution is 2.06. The molecule has 0 radical (unpaired) electrons. The van der Waals surface area contributed by atoms with Crippen LogP contribution in [-0.4, -0.2) is 44.5 Å². The minimum Gasteiger partial charge on any atom is -0.342 e. The molecule has 2 N–H and O–H groups in total. The second-order valence-corrected chi connectivity index (χ2v) is 7.15. The maximum atomic E-state index is 11.8. The molecule has 1 saturated heterocycles. The van der Waals surface area contributed by atoms with Crippen LogP contribution in [0.25, 0.3) is 0 Å². The van der Waals surface area contributed by atoms with E-state index in [1.807, 2.05) is 13.8 Å². The van der Waals surface area contributed by atoms with Gasteiger partial charge in [-0.25, -0.2) is 8.42 Å². The van der Waals surface area contributed by atoms with Crippen LogP contribution in [0.15, 0.2) is 0 Å². The van der Waals surface area contributed by atoms with Crippen molar-refractivity contribution in [2.45, 2.75) is 32.4 Å². The van der Waals surface area contributed by atoms with E-state index in [1.165, 1.54) is 0 Å². The second-order valence-electron chi connectivity index (χ2n) is 4.93. The molecule has 1 aliphatic rings. The molecule has 6 heteroatoms. The van der Waals surface area contributed by atoms with Gasteiger partial charge in [-0.05, 0) is 5.92 Å². The van der Waals surface area contributed by atoms with Crippen LogP contribution in [0.4, 0.5) is 0 Å². The van der Waals surface area contributed by atoms with E-state index >= 15 is 0 Å². The molecule has 0 aromatic carbocycles. The average molecular weight is 272 g/mol. The fraction of sp³-hybridized carbons (Fsp3) is 0.750. The van der Waals surface area contributed by atoms with Gasteiger partial charge in [0.1, 0.15) is 0 Å². The molecule has 0 aromatic heterocycles. The van der Waals surface area contributed by atoms with Crippen LogP contribution in [0.1, 0.15) is 20.3 Å². The maximum Gasteiger partial charge on any atom is 0.222 e. The van der Waals surface area contributed by atoms with Crippen LogP contribution in [-0.2, 0) is 14.6 Å². The van der Waals surface area contributed by atoms with Gasteiger partial charge < -0.3 is 10.6 Å². The van der Waals surface area contributed by atoms with E-state index in [1.54, 1.807) is 0 Å². The van der Waals surface area contributed by atoms with Gasteiger partial charge in [0, 0.05) is 19.0 Å². The van der Waals surface area contributed by atoms with Crippen molar-refractivity contribution in [2.24, 2.45) is 5.92 Å². The van der Waals surface area contributed by atoms with E-state index in [2.05, 4.69) is 16.6 Å². The zero-order valence-corrected chi connectivity index (χ0v) is 11.6. The molecule has 1 fully saturated rings. The molecule has 1 heterocycles. The highest BCUT2D eigenvalue weighted by molar-refractivity contribution is 7.91. The Labute approximate surface area is 109 Å². The van der Waals surface area contributed by atoms with E-state index in [0.717, 1.165) is 0 Å².